The molecule has 2 aromatic carbocycles. The number of rotatable bonds is 6. The highest BCUT2D eigenvalue weighted by molar-refractivity contribution is 5.82. The van der Waals surface area contributed by atoms with Gasteiger partial charge in [-0.1, -0.05) is 30.3 Å². The highest BCUT2D eigenvalue weighted by atomic mass is 16.5. The number of ether oxygens (including phenoxy) is 1. The number of amides is 1. The molecule has 8 nitrogen and oxygen atoms in total. The molecule has 0 radical (unpaired) electrons. The molecule has 8 heteroatoms. The Hall–Kier alpha value is -3.41. The molecule has 0 saturated carbocycles. The van der Waals surface area contributed by atoms with Crippen LogP contribution >= 0.6 is 0 Å². The fourth-order valence-electron chi connectivity index (χ4n) is 4.25. The number of nitrogens with zero attached hydrogens (tertiary/aromatic N) is 3. The molecule has 1 amide bonds. The zero-order valence-corrected chi connectivity index (χ0v) is 19.8. The molecule has 2 heterocycles. The Bertz CT molecular complexity index is 1250. The van der Waals surface area contributed by atoms with Gasteiger partial charge in [-0.05, 0) is 49.1 Å². The number of nitriles is 1. The van der Waals surface area contributed by atoms with Crippen molar-refractivity contribution in [1.82, 2.24) is 14.8 Å². The number of fused-ring (bicyclic) bond motifs is 1. The van der Waals surface area contributed by atoms with Crippen LogP contribution in [0.1, 0.15) is 25.8 Å². The molecule has 0 unspecified atom stereocenters. The van der Waals surface area contributed by atoms with Crippen molar-refractivity contribution < 1.29 is 13.9 Å². The van der Waals surface area contributed by atoms with E-state index in [0.29, 0.717) is 31.2 Å². The number of benzene rings is 2. The van der Waals surface area contributed by atoms with Crippen molar-refractivity contribution >= 4 is 17.0 Å². The average Bonchev–Trinajstić information content (AvgIpc) is 2.99. The van der Waals surface area contributed by atoms with E-state index in [1.165, 1.54) is 4.57 Å². The van der Waals surface area contributed by atoms with Gasteiger partial charge in [-0.2, -0.15) is 5.26 Å². The maximum absolute atomic E-state index is 12.8. The van der Waals surface area contributed by atoms with E-state index in [9.17, 15) is 14.9 Å². The van der Waals surface area contributed by atoms with E-state index < -0.39 is 17.9 Å². The van der Waals surface area contributed by atoms with Gasteiger partial charge in [0.1, 0.15) is 12.1 Å². The first kappa shape index (κ1) is 23.7. The van der Waals surface area contributed by atoms with Gasteiger partial charge in [0.25, 0.3) is 5.91 Å². The van der Waals surface area contributed by atoms with Crippen molar-refractivity contribution in [2.75, 3.05) is 19.7 Å². The normalized spacial score (nSPS) is 17.9. The summed E-state index contributed by atoms with van der Waals surface area (Å²) in [4.78, 5) is 26.8. The highest BCUT2D eigenvalue weighted by Gasteiger charge is 2.27. The molecular formula is C26H30N4O4. The summed E-state index contributed by atoms with van der Waals surface area (Å²) in [5.74, 6) is -0.631. The predicted octanol–water partition coefficient (Wildman–Crippen LogP) is 2.85. The quantitative estimate of drug-likeness (QED) is 0.605. The molecule has 4 rings (SSSR count). The van der Waals surface area contributed by atoms with Crippen LogP contribution in [0.3, 0.4) is 0 Å². The summed E-state index contributed by atoms with van der Waals surface area (Å²) in [6.07, 6.45) is 0.718. The Morgan fingerprint density at radius 3 is 2.65 bits per heavy atom. The van der Waals surface area contributed by atoms with E-state index in [4.69, 9.17) is 9.15 Å². The minimum absolute atomic E-state index is 0.241. The maximum Gasteiger partial charge on any atom is 0.419 e. The zero-order valence-electron chi connectivity index (χ0n) is 19.8. The number of oxazole rings is 1. The molecule has 1 saturated heterocycles. The Morgan fingerprint density at radius 1 is 1.21 bits per heavy atom. The monoisotopic (exact) mass is 462 g/mol. The molecule has 3 aromatic rings. The molecule has 0 spiro atoms. The summed E-state index contributed by atoms with van der Waals surface area (Å²) in [5, 5.41) is 12.5. The lowest BCUT2D eigenvalue weighted by Gasteiger charge is -2.27. The lowest BCUT2D eigenvalue weighted by atomic mass is 10.0. The molecule has 34 heavy (non-hydrogen) atoms. The van der Waals surface area contributed by atoms with Gasteiger partial charge < -0.3 is 14.5 Å². The second kappa shape index (κ2) is 10.2. The van der Waals surface area contributed by atoms with E-state index in [0.717, 1.165) is 35.2 Å². The smallest absolute Gasteiger partial charge is 0.408 e. The maximum atomic E-state index is 12.8. The summed E-state index contributed by atoms with van der Waals surface area (Å²) >= 11 is 0. The highest BCUT2D eigenvalue weighted by Crippen LogP contribution is 2.24. The average molecular weight is 463 g/mol. The summed E-state index contributed by atoms with van der Waals surface area (Å²) in [6.45, 7) is 6.19. The third kappa shape index (κ3) is 5.22. The first-order valence-corrected chi connectivity index (χ1v) is 11.6. The lowest BCUT2D eigenvalue weighted by molar-refractivity contribution is -0.133. The Balaban J connectivity index is 1.42. The van der Waals surface area contributed by atoms with Crippen LogP contribution in [0, 0.1) is 11.3 Å². The van der Waals surface area contributed by atoms with Crippen molar-refractivity contribution in [3.63, 3.8) is 0 Å². The van der Waals surface area contributed by atoms with Crippen LogP contribution in [0.15, 0.2) is 51.7 Å². The van der Waals surface area contributed by atoms with E-state index >= 15 is 0 Å². The summed E-state index contributed by atoms with van der Waals surface area (Å²) < 4.78 is 12.4. The SMILES string of the molecule is CC(C)N1CCCO[C@H](C(=O)N[C@H](C#N)Cc2ccc(-c3ccc4oc(=O)n(C)c4c3)cc2)C1. The number of aryl methyl sites for hydroxylation is 1. The van der Waals surface area contributed by atoms with Crippen LogP contribution in [-0.4, -0.2) is 53.3 Å². The number of hydrogen-bond donors (Lipinski definition) is 1. The third-order valence-electron chi connectivity index (χ3n) is 6.32. The van der Waals surface area contributed by atoms with Crippen LogP contribution < -0.4 is 11.1 Å². The third-order valence-corrected chi connectivity index (χ3v) is 6.32. The van der Waals surface area contributed by atoms with E-state index in [1.807, 2.05) is 36.4 Å². The molecule has 1 aromatic heterocycles. The van der Waals surface area contributed by atoms with E-state index in [-0.39, 0.29) is 5.91 Å². The molecule has 1 aliphatic heterocycles. The number of nitrogens with one attached hydrogen (secondary N) is 1. The van der Waals surface area contributed by atoms with Gasteiger partial charge in [0.05, 0.1) is 11.6 Å². The van der Waals surface area contributed by atoms with Gasteiger partial charge in [-0.25, -0.2) is 4.79 Å². The lowest BCUT2D eigenvalue weighted by Crippen LogP contribution is -2.48. The second-order valence-corrected chi connectivity index (χ2v) is 9.00. The minimum Gasteiger partial charge on any atom is -0.408 e. The van der Waals surface area contributed by atoms with Crippen LogP contribution in [0.2, 0.25) is 0 Å². The van der Waals surface area contributed by atoms with Crippen LogP contribution in [-0.2, 0) is 23.0 Å². The van der Waals surface area contributed by atoms with E-state index in [2.05, 4.69) is 30.1 Å². The summed E-state index contributed by atoms with van der Waals surface area (Å²) in [6, 6.07) is 15.4. The van der Waals surface area contributed by atoms with Crippen LogP contribution in [0.4, 0.5) is 0 Å². The first-order valence-electron chi connectivity index (χ1n) is 11.6. The van der Waals surface area contributed by atoms with Gasteiger partial charge in [0, 0.05) is 39.2 Å². The molecule has 0 bridgehead atoms. The number of carbonyl (C=O) groups is 1. The van der Waals surface area contributed by atoms with Gasteiger partial charge in [-0.15, -0.1) is 0 Å². The van der Waals surface area contributed by atoms with Crippen LogP contribution in [0.25, 0.3) is 22.2 Å². The number of aromatic nitrogens is 1. The Morgan fingerprint density at radius 2 is 1.94 bits per heavy atom. The molecule has 178 valence electrons. The fraction of sp³-hybridized carbons (Fsp3) is 0.423. The molecule has 1 fully saturated rings. The van der Waals surface area contributed by atoms with Crippen molar-refractivity contribution in [2.45, 2.75) is 44.9 Å². The van der Waals surface area contributed by atoms with Gasteiger partial charge >= 0.3 is 5.76 Å². The van der Waals surface area contributed by atoms with Gasteiger partial charge in [0.2, 0.25) is 0 Å². The molecular weight excluding hydrogens is 432 g/mol. The number of hydrogen-bond acceptors (Lipinski definition) is 6. The van der Waals surface area contributed by atoms with Crippen molar-refractivity contribution in [1.29, 1.82) is 5.26 Å². The van der Waals surface area contributed by atoms with Gasteiger partial charge in [0.15, 0.2) is 5.58 Å². The zero-order chi connectivity index (χ0) is 24.2. The molecule has 1 N–H and O–H groups in total. The van der Waals surface area contributed by atoms with Gasteiger partial charge in [-0.3, -0.25) is 14.3 Å². The number of carbonyl (C=O) groups excluding carboxylic acids is 1. The molecule has 2 atom stereocenters. The van der Waals surface area contributed by atoms with Crippen molar-refractivity contribution in [2.24, 2.45) is 7.05 Å². The fourth-order valence-corrected chi connectivity index (χ4v) is 4.25. The largest absolute Gasteiger partial charge is 0.419 e. The molecule has 0 aliphatic carbocycles. The minimum atomic E-state index is -0.644. The standard InChI is InChI=1S/C26H30N4O4/c1-17(2)30-11-4-12-33-24(16-30)25(31)28-21(15-27)13-18-5-7-19(8-6-18)20-9-10-23-22(14-20)29(3)26(32)34-23/h5-10,14,17,21,24H,4,11-13,16H2,1-3H3,(H,28,31)/t21-,24-/m0/s1. The topological polar surface area (TPSA) is 100 Å². The van der Waals surface area contributed by atoms with Crippen molar-refractivity contribution in [3.05, 3.63) is 58.6 Å². The predicted molar refractivity (Wildman–Crippen MR) is 129 cm³/mol. The summed E-state index contributed by atoms with van der Waals surface area (Å²) in [5.41, 5.74) is 4.17. The Kier molecular flexibility index (Phi) is 7.15. The molecule has 1 aliphatic rings. The van der Waals surface area contributed by atoms with Crippen molar-refractivity contribution in [3.8, 4) is 17.2 Å². The van der Waals surface area contributed by atoms with Crippen LogP contribution in [0.5, 0.6) is 0 Å². The summed E-state index contributed by atoms with van der Waals surface area (Å²) in [7, 11) is 1.68. The first-order chi connectivity index (χ1) is 16.4. The van der Waals surface area contributed by atoms with E-state index in [1.54, 1.807) is 13.1 Å². The second-order valence-electron chi connectivity index (χ2n) is 9.00. The Labute approximate surface area is 198 Å².